The summed E-state index contributed by atoms with van der Waals surface area (Å²) in [5, 5.41) is 3.41. The molecule has 2 nitrogen and oxygen atoms in total. The average molecular weight is 252 g/mol. The molecule has 3 heteroatoms. The lowest BCUT2D eigenvalue weighted by atomic mass is 10.2. The van der Waals surface area contributed by atoms with Gasteiger partial charge in [0.15, 0.2) is 0 Å². The van der Waals surface area contributed by atoms with E-state index in [1.807, 2.05) is 19.2 Å². The van der Waals surface area contributed by atoms with Crippen molar-refractivity contribution >= 4 is 0 Å². The van der Waals surface area contributed by atoms with Crippen LogP contribution in [0, 0.1) is 11.7 Å². The van der Waals surface area contributed by atoms with Crippen LogP contribution < -0.4 is 5.32 Å². The first-order chi connectivity index (χ1) is 8.59. The van der Waals surface area contributed by atoms with Gasteiger partial charge in [0.2, 0.25) is 0 Å². The summed E-state index contributed by atoms with van der Waals surface area (Å²) in [4.78, 5) is 2.16. The van der Waals surface area contributed by atoms with Crippen LogP contribution >= 0.6 is 0 Å². The van der Waals surface area contributed by atoms with E-state index in [1.165, 1.54) is 6.07 Å². The van der Waals surface area contributed by atoms with Crippen molar-refractivity contribution in [3.8, 4) is 0 Å². The van der Waals surface area contributed by atoms with E-state index < -0.39 is 0 Å². The molecule has 0 unspecified atom stereocenters. The molecule has 0 spiro atoms. The molecule has 1 aromatic carbocycles. The third-order valence-corrected chi connectivity index (χ3v) is 2.84. The van der Waals surface area contributed by atoms with E-state index in [9.17, 15) is 4.39 Å². The van der Waals surface area contributed by atoms with Gasteiger partial charge in [-0.25, -0.2) is 4.39 Å². The zero-order valence-corrected chi connectivity index (χ0v) is 11.7. The third kappa shape index (κ3) is 6.12. The second-order valence-electron chi connectivity index (χ2n) is 5.28. The van der Waals surface area contributed by atoms with E-state index >= 15 is 0 Å². The Morgan fingerprint density at radius 2 is 2.00 bits per heavy atom. The Hall–Kier alpha value is -0.930. The van der Waals surface area contributed by atoms with Crippen LogP contribution in [0.3, 0.4) is 0 Å². The van der Waals surface area contributed by atoms with E-state index in [0.717, 1.165) is 31.6 Å². The second kappa shape index (κ2) is 8.22. The zero-order chi connectivity index (χ0) is 13.4. The molecule has 1 N–H and O–H groups in total. The summed E-state index contributed by atoms with van der Waals surface area (Å²) >= 11 is 0. The topological polar surface area (TPSA) is 15.3 Å². The predicted octanol–water partition coefficient (Wildman–Crippen LogP) is 2.89. The summed E-state index contributed by atoms with van der Waals surface area (Å²) in [5.74, 6) is 0.587. The van der Waals surface area contributed by atoms with Gasteiger partial charge >= 0.3 is 0 Å². The molecule has 0 bridgehead atoms. The van der Waals surface area contributed by atoms with Crippen LogP contribution in [0.4, 0.5) is 4.39 Å². The van der Waals surface area contributed by atoms with Crippen molar-refractivity contribution < 1.29 is 4.39 Å². The van der Waals surface area contributed by atoms with Crippen LogP contribution in [0.25, 0.3) is 0 Å². The molecular formula is C15H25FN2. The maximum atomic E-state index is 13.4. The summed E-state index contributed by atoms with van der Waals surface area (Å²) in [5.41, 5.74) is 0.773. The molecule has 0 saturated heterocycles. The highest BCUT2D eigenvalue weighted by atomic mass is 19.1. The van der Waals surface area contributed by atoms with E-state index in [2.05, 4.69) is 24.1 Å². The highest BCUT2D eigenvalue weighted by Gasteiger charge is 2.04. The first kappa shape index (κ1) is 15.1. The summed E-state index contributed by atoms with van der Waals surface area (Å²) in [6.45, 7) is 8.17. The van der Waals surface area contributed by atoms with E-state index in [-0.39, 0.29) is 5.82 Å². The summed E-state index contributed by atoms with van der Waals surface area (Å²) in [6.07, 6.45) is 1.09. The number of rotatable bonds is 8. The van der Waals surface area contributed by atoms with Crippen LogP contribution in [0.5, 0.6) is 0 Å². The molecule has 1 rings (SSSR count). The van der Waals surface area contributed by atoms with Crippen molar-refractivity contribution in [3.05, 3.63) is 35.6 Å². The number of hydrogen-bond acceptors (Lipinski definition) is 2. The first-order valence-corrected chi connectivity index (χ1v) is 6.72. The van der Waals surface area contributed by atoms with E-state index in [4.69, 9.17) is 0 Å². The van der Waals surface area contributed by atoms with Crippen molar-refractivity contribution in [3.63, 3.8) is 0 Å². The number of nitrogens with zero attached hydrogens (tertiary/aromatic N) is 1. The molecular weight excluding hydrogens is 227 g/mol. The lowest BCUT2D eigenvalue weighted by molar-refractivity contribution is 0.313. The van der Waals surface area contributed by atoms with Crippen molar-refractivity contribution in [1.82, 2.24) is 10.2 Å². The van der Waals surface area contributed by atoms with Gasteiger partial charge in [0.25, 0.3) is 0 Å². The van der Waals surface area contributed by atoms with E-state index in [1.54, 1.807) is 6.07 Å². The number of halogens is 1. The molecule has 1 aromatic rings. The molecule has 102 valence electrons. The van der Waals surface area contributed by atoms with Gasteiger partial charge in [-0.2, -0.15) is 0 Å². The molecule has 0 aliphatic rings. The Labute approximate surface area is 110 Å². The number of benzene rings is 1. The summed E-state index contributed by atoms with van der Waals surface area (Å²) in [6, 6.07) is 6.99. The standard InChI is InChI=1S/C15H25FN2/c1-13(2)11-17-9-6-10-18(3)12-14-7-4-5-8-15(14)16/h4-5,7-8,13,17H,6,9-12H2,1-3H3. The Kier molecular flexibility index (Phi) is 6.91. The molecule has 0 aliphatic carbocycles. The largest absolute Gasteiger partial charge is 0.316 e. The molecule has 0 heterocycles. The molecule has 0 radical (unpaired) electrons. The van der Waals surface area contributed by atoms with Gasteiger partial charge in [-0.3, -0.25) is 0 Å². The summed E-state index contributed by atoms with van der Waals surface area (Å²) < 4.78 is 13.4. The zero-order valence-electron chi connectivity index (χ0n) is 11.7. The maximum Gasteiger partial charge on any atom is 0.127 e. The van der Waals surface area contributed by atoms with Crippen molar-refractivity contribution in [2.45, 2.75) is 26.8 Å². The predicted molar refractivity (Wildman–Crippen MR) is 75.1 cm³/mol. The minimum absolute atomic E-state index is 0.109. The molecule has 18 heavy (non-hydrogen) atoms. The quantitative estimate of drug-likeness (QED) is 0.716. The van der Waals surface area contributed by atoms with Crippen LogP contribution in [0.2, 0.25) is 0 Å². The normalized spacial score (nSPS) is 11.4. The highest BCUT2D eigenvalue weighted by Crippen LogP contribution is 2.08. The Bertz CT molecular complexity index is 339. The summed E-state index contributed by atoms with van der Waals surface area (Å²) in [7, 11) is 2.04. The molecule has 0 aromatic heterocycles. The van der Waals surface area contributed by atoms with E-state index in [0.29, 0.717) is 12.5 Å². The fourth-order valence-electron chi connectivity index (χ4n) is 1.86. The van der Waals surface area contributed by atoms with Crippen LogP contribution in [-0.4, -0.2) is 31.6 Å². The SMILES string of the molecule is CC(C)CNCCCN(C)Cc1ccccc1F. The van der Waals surface area contributed by atoms with Crippen molar-refractivity contribution in [2.75, 3.05) is 26.7 Å². The fraction of sp³-hybridized carbons (Fsp3) is 0.600. The molecule has 0 atom stereocenters. The monoisotopic (exact) mass is 252 g/mol. The molecule has 0 fully saturated rings. The average Bonchev–Trinajstić information content (AvgIpc) is 2.31. The minimum atomic E-state index is -0.109. The molecule has 0 aliphatic heterocycles. The van der Waals surface area contributed by atoms with Gasteiger partial charge in [-0.15, -0.1) is 0 Å². The number of nitrogens with one attached hydrogen (secondary N) is 1. The lowest BCUT2D eigenvalue weighted by Gasteiger charge is -2.17. The van der Waals surface area contributed by atoms with Gasteiger partial charge in [0.05, 0.1) is 0 Å². The Morgan fingerprint density at radius 1 is 1.28 bits per heavy atom. The smallest absolute Gasteiger partial charge is 0.127 e. The minimum Gasteiger partial charge on any atom is -0.316 e. The fourth-order valence-corrected chi connectivity index (χ4v) is 1.86. The number of hydrogen-bond donors (Lipinski definition) is 1. The van der Waals surface area contributed by atoms with Gasteiger partial charge in [-0.1, -0.05) is 32.0 Å². The molecule has 0 saturated carbocycles. The third-order valence-electron chi connectivity index (χ3n) is 2.84. The maximum absolute atomic E-state index is 13.4. The van der Waals surface area contributed by atoms with Crippen LogP contribution in [-0.2, 0) is 6.54 Å². The highest BCUT2D eigenvalue weighted by molar-refractivity contribution is 5.16. The Balaban J connectivity index is 2.18. The van der Waals surface area contributed by atoms with Crippen molar-refractivity contribution in [2.24, 2.45) is 5.92 Å². The second-order valence-corrected chi connectivity index (χ2v) is 5.28. The van der Waals surface area contributed by atoms with Crippen molar-refractivity contribution in [1.29, 1.82) is 0 Å². The van der Waals surface area contributed by atoms with Crippen LogP contribution in [0.1, 0.15) is 25.8 Å². The lowest BCUT2D eigenvalue weighted by Crippen LogP contribution is -2.26. The van der Waals surface area contributed by atoms with Gasteiger partial charge < -0.3 is 10.2 Å². The van der Waals surface area contributed by atoms with Gasteiger partial charge in [-0.05, 0) is 45.1 Å². The van der Waals surface area contributed by atoms with Gasteiger partial charge in [0.1, 0.15) is 5.82 Å². The first-order valence-electron chi connectivity index (χ1n) is 6.72. The van der Waals surface area contributed by atoms with Gasteiger partial charge in [0, 0.05) is 12.1 Å². The Morgan fingerprint density at radius 3 is 2.67 bits per heavy atom. The molecule has 0 amide bonds. The van der Waals surface area contributed by atoms with Crippen LogP contribution in [0.15, 0.2) is 24.3 Å².